The lowest BCUT2D eigenvalue weighted by molar-refractivity contribution is 0.0771. The number of aryl methyl sites for hydroxylation is 1. The lowest BCUT2D eigenvalue weighted by Crippen LogP contribution is -2.38. The van der Waals surface area contributed by atoms with Gasteiger partial charge in [-0.05, 0) is 55.5 Å². The summed E-state index contributed by atoms with van der Waals surface area (Å²) in [6.45, 7) is 3.48. The second kappa shape index (κ2) is 8.94. The standard InChI is InChI=1S/C24H26N6O2S/c1-15-14-17(4-5-18(15)24(32)29-10-12-33-13-11-29)27-22-21-20(7-9-26-23(21)31)30(28-22)19(6-8-25)16-2-3-16/h4-5,7,9,14,16,19H,2-3,6,10-13H2,1H3,(H,26,31)(H,27,28). The van der Waals surface area contributed by atoms with Crippen molar-refractivity contribution in [2.75, 3.05) is 29.9 Å². The summed E-state index contributed by atoms with van der Waals surface area (Å²) >= 11 is 1.87. The van der Waals surface area contributed by atoms with Crippen LogP contribution in [0.3, 0.4) is 0 Å². The fraction of sp³-hybridized carbons (Fsp3) is 0.417. The molecule has 3 aromatic rings. The monoisotopic (exact) mass is 462 g/mol. The van der Waals surface area contributed by atoms with Crippen LogP contribution in [0.15, 0.2) is 35.3 Å². The Morgan fingerprint density at radius 3 is 2.82 bits per heavy atom. The molecule has 33 heavy (non-hydrogen) atoms. The second-order valence-electron chi connectivity index (χ2n) is 8.69. The van der Waals surface area contributed by atoms with Gasteiger partial charge in [0, 0.05) is 42.0 Å². The Labute approximate surface area is 196 Å². The molecule has 2 N–H and O–H groups in total. The van der Waals surface area contributed by atoms with Crippen molar-refractivity contribution in [1.82, 2.24) is 19.7 Å². The van der Waals surface area contributed by atoms with Crippen molar-refractivity contribution >= 4 is 40.1 Å². The second-order valence-corrected chi connectivity index (χ2v) is 9.91. The third kappa shape index (κ3) is 4.23. The minimum Gasteiger partial charge on any atom is -0.338 e. The summed E-state index contributed by atoms with van der Waals surface area (Å²) in [6.07, 6.45) is 4.12. The Kier molecular flexibility index (Phi) is 5.85. The number of nitrogens with zero attached hydrogens (tertiary/aromatic N) is 4. The number of thioether (sulfide) groups is 1. The molecular formula is C24H26N6O2S. The Bertz CT molecular complexity index is 1300. The summed E-state index contributed by atoms with van der Waals surface area (Å²) in [5.41, 5.74) is 2.83. The number of carbonyl (C=O) groups is 1. The van der Waals surface area contributed by atoms with Gasteiger partial charge in [0.15, 0.2) is 5.82 Å². The molecule has 1 atom stereocenters. The van der Waals surface area contributed by atoms with Crippen LogP contribution >= 0.6 is 11.8 Å². The average molecular weight is 463 g/mol. The number of benzene rings is 1. The van der Waals surface area contributed by atoms with Crippen LogP contribution in [0.2, 0.25) is 0 Å². The van der Waals surface area contributed by atoms with Gasteiger partial charge >= 0.3 is 0 Å². The van der Waals surface area contributed by atoms with Gasteiger partial charge in [0.05, 0.1) is 24.0 Å². The molecule has 170 valence electrons. The van der Waals surface area contributed by atoms with Crippen LogP contribution in [0.1, 0.15) is 41.2 Å². The molecule has 1 saturated heterocycles. The number of aromatic nitrogens is 3. The number of hydrogen-bond acceptors (Lipinski definition) is 6. The molecule has 0 spiro atoms. The van der Waals surface area contributed by atoms with Crippen molar-refractivity contribution in [3.05, 3.63) is 51.9 Å². The van der Waals surface area contributed by atoms with Gasteiger partial charge in [-0.25, -0.2) is 0 Å². The first-order chi connectivity index (χ1) is 16.1. The molecule has 0 radical (unpaired) electrons. The zero-order chi connectivity index (χ0) is 22.9. The van der Waals surface area contributed by atoms with Gasteiger partial charge in [0.1, 0.15) is 5.39 Å². The van der Waals surface area contributed by atoms with Crippen LogP contribution in [-0.4, -0.2) is 50.2 Å². The summed E-state index contributed by atoms with van der Waals surface area (Å²) in [5.74, 6) is 2.89. The van der Waals surface area contributed by atoms with Crippen LogP contribution < -0.4 is 10.9 Å². The van der Waals surface area contributed by atoms with Crippen molar-refractivity contribution in [1.29, 1.82) is 5.26 Å². The SMILES string of the molecule is Cc1cc(Nc2nn(C(CC#N)C3CC3)c3cc[nH]c(=O)c23)ccc1C(=O)N1CCSCC1. The van der Waals surface area contributed by atoms with E-state index < -0.39 is 0 Å². The molecule has 3 heterocycles. The van der Waals surface area contributed by atoms with E-state index >= 15 is 0 Å². The van der Waals surface area contributed by atoms with Crippen molar-refractivity contribution in [2.24, 2.45) is 5.92 Å². The number of nitrogens with one attached hydrogen (secondary N) is 2. The predicted octanol–water partition coefficient (Wildman–Crippen LogP) is 3.83. The van der Waals surface area contributed by atoms with Gasteiger partial charge in [-0.1, -0.05) is 0 Å². The molecule has 2 fully saturated rings. The summed E-state index contributed by atoms with van der Waals surface area (Å²) in [5, 5.41) is 17.8. The molecule has 8 nitrogen and oxygen atoms in total. The fourth-order valence-corrected chi connectivity index (χ4v) is 5.43. The number of H-pyrrole nitrogens is 1. The molecule has 1 unspecified atom stereocenters. The zero-order valence-electron chi connectivity index (χ0n) is 18.5. The first kappa shape index (κ1) is 21.6. The highest BCUT2D eigenvalue weighted by Crippen LogP contribution is 2.43. The van der Waals surface area contributed by atoms with Gasteiger partial charge < -0.3 is 15.2 Å². The lowest BCUT2D eigenvalue weighted by Gasteiger charge is -2.27. The van der Waals surface area contributed by atoms with E-state index in [4.69, 9.17) is 5.10 Å². The average Bonchev–Trinajstić information content (AvgIpc) is 3.60. The molecule has 1 saturated carbocycles. The van der Waals surface area contributed by atoms with Crippen LogP contribution in [-0.2, 0) is 0 Å². The topological polar surface area (TPSA) is 107 Å². The van der Waals surface area contributed by atoms with Crippen LogP contribution in [0, 0.1) is 24.2 Å². The first-order valence-corrected chi connectivity index (χ1v) is 12.4. The Hall–Kier alpha value is -3.25. The lowest BCUT2D eigenvalue weighted by atomic mass is 10.1. The minimum absolute atomic E-state index is 0.0423. The normalized spacial score (nSPS) is 17.0. The maximum Gasteiger partial charge on any atom is 0.261 e. The summed E-state index contributed by atoms with van der Waals surface area (Å²) in [7, 11) is 0. The molecule has 0 bridgehead atoms. The molecule has 9 heteroatoms. The highest BCUT2D eigenvalue weighted by atomic mass is 32.2. The third-order valence-electron chi connectivity index (χ3n) is 6.43. The molecule has 2 aromatic heterocycles. The van der Waals surface area contributed by atoms with E-state index in [0.29, 0.717) is 29.1 Å². The van der Waals surface area contributed by atoms with Gasteiger partial charge in [-0.15, -0.1) is 0 Å². The van der Waals surface area contributed by atoms with Crippen LogP contribution in [0.4, 0.5) is 11.5 Å². The molecule has 1 aromatic carbocycles. The summed E-state index contributed by atoms with van der Waals surface area (Å²) in [4.78, 5) is 30.3. The highest BCUT2D eigenvalue weighted by Gasteiger charge is 2.34. The van der Waals surface area contributed by atoms with Gasteiger partial charge in [0.25, 0.3) is 11.5 Å². The molecular weight excluding hydrogens is 436 g/mol. The van der Waals surface area contributed by atoms with Crippen LogP contribution in [0.5, 0.6) is 0 Å². The molecule has 2 aliphatic rings. The number of fused-ring (bicyclic) bond motifs is 1. The summed E-state index contributed by atoms with van der Waals surface area (Å²) in [6, 6.07) is 9.68. The molecule has 1 aliphatic carbocycles. The van der Waals surface area contributed by atoms with Gasteiger partial charge in [-0.3, -0.25) is 14.3 Å². The Morgan fingerprint density at radius 1 is 1.33 bits per heavy atom. The number of nitriles is 1. The van der Waals surface area contributed by atoms with Crippen molar-refractivity contribution in [3.63, 3.8) is 0 Å². The van der Waals surface area contributed by atoms with Gasteiger partial charge in [0.2, 0.25) is 0 Å². The van der Waals surface area contributed by atoms with Gasteiger partial charge in [-0.2, -0.15) is 22.1 Å². The number of carbonyl (C=O) groups excluding carboxylic acids is 1. The smallest absolute Gasteiger partial charge is 0.261 e. The molecule has 5 rings (SSSR count). The number of aromatic amines is 1. The number of rotatable bonds is 6. The Balaban J connectivity index is 1.47. The zero-order valence-corrected chi connectivity index (χ0v) is 19.3. The maximum atomic E-state index is 12.9. The molecule has 1 amide bonds. The van der Waals surface area contributed by atoms with E-state index in [1.807, 2.05) is 52.5 Å². The van der Waals surface area contributed by atoms with E-state index in [-0.39, 0.29) is 17.5 Å². The number of pyridine rings is 1. The third-order valence-corrected chi connectivity index (χ3v) is 7.37. The van der Waals surface area contributed by atoms with Crippen molar-refractivity contribution in [3.8, 4) is 6.07 Å². The highest BCUT2D eigenvalue weighted by molar-refractivity contribution is 7.99. The summed E-state index contributed by atoms with van der Waals surface area (Å²) < 4.78 is 1.84. The molecule has 1 aliphatic heterocycles. The van der Waals surface area contributed by atoms with E-state index in [9.17, 15) is 14.9 Å². The van der Waals surface area contributed by atoms with Crippen molar-refractivity contribution in [2.45, 2.75) is 32.2 Å². The van der Waals surface area contributed by atoms with E-state index in [1.54, 1.807) is 6.20 Å². The van der Waals surface area contributed by atoms with Crippen molar-refractivity contribution < 1.29 is 4.79 Å². The quantitative estimate of drug-likeness (QED) is 0.577. The Morgan fingerprint density at radius 2 is 2.12 bits per heavy atom. The fourth-order valence-electron chi connectivity index (χ4n) is 4.52. The first-order valence-electron chi connectivity index (χ1n) is 11.3. The number of hydrogen-bond donors (Lipinski definition) is 2. The van der Waals surface area contributed by atoms with E-state index in [1.165, 1.54) is 0 Å². The number of anilines is 2. The van der Waals surface area contributed by atoms with E-state index in [0.717, 1.165) is 54.2 Å². The maximum absolute atomic E-state index is 12.9. The predicted molar refractivity (Wildman–Crippen MR) is 130 cm³/mol. The minimum atomic E-state index is -0.223. The van der Waals surface area contributed by atoms with E-state index in [2.05, 4.69) is 16.4 Å². The largest absolute Gasteiger partial charge is 0.338 e. The number of amides is 1. The van der Waals surface area contributed by atoms with Crippen LogP contribution in [0.25, 0.3) is 10.9 Å².